The molecule has 0 saturated heterocycles. The Hall–Kier alpha value is -0.870. The number of rotatable bonds is 7. The molecule has 0 atom stereocenters. The first kappa shape index (κ1) is 16.2. The number of halogens is 3. The fraction of sp³-hybridized carbons (Fsp3) is 0.571. The molecule has 0 aliphatic heterocycles. The standard InChI is InChI=1S/C14H21ClF2N2/c1-4-5-19(7-6-18(2)3)14-12(16)8-11(10-15)9-13(14)17/h8-9H,4-7,10H2,1-3H3. The van der Waals surface area contributed by atoms with Gasteiger partial charge in [-0.15, -0.1) is 11.6 Å². The summed E-state index contributed by atoms with van der Waals surface area (Å²) in [5, 5.41) is 0. The van der Waals surface area contributed by atoms with E-state index in [2.05, 4.69) is 0 Å². The summed E-state index contributed by atoms with van der Waals surface area (Å²) >= 11 is 5.61. The zero-order chi connectivity index (χ0) is 14.4. The Balaban J connectivity index is 3.01. The van der Waals surface area contributed by atoms with Crippen molar-refractivity contribution in [3.8, 4) is 0 Å². The Bertz CT molecular complexity index is 387. The van der Waals surface area contributed by atoms with Gasteiger partial charge in [0.15, 0.2) is 0 Å². The molecule has 0 fully saturated rings. The van der Waals surface area contributed by atoms with Crippen LogP contribution in [-0.2, 0) is 5.88 Å². The molecule has 0 radical (unpaired) electrons. The van der Waals surface area contributed by atoms with Gasteiger partial charge in [0.05, 0.1) is 0 Å². The van der Waals surface area contributed by atoms with E-state index >= 15 is 0 Å². The van der Waals surface area contributed by atoms with Gasteiger partial charge in [0.25, 0.3) is 0 Å². The Labute approximate surface area is 119 Å². The third-order valence-corrected chi connectivity index (χ3v) is 3.17. The average Bonchev–Trinajstić information content (AvgIpc) is 2.34. The van der Waals surface area contributed by atoms with Crippen molar-refractivity contribution in [2.45, 2.75) is 19.2 Å². The van der Waals surface area contributed by atoms with Crippen LogP contribution in [0.3, 0.4) is 0 Å². The predicted molar refractivity (Wildman–Crippen MR) is 77.0 cm³/mol. The van der Waals surface area contributed by atoms with E-state index in [1.54, 1.807) is 4.90 Å². The van der Waals surface area contributed by atoms with E-state index in [0.29, 0.717) is 18.7 Å². The number of anilines is 1. The molecule has 108 valence electrons. The Kier molecular flexibility index (Phi) is 6.52. The van der Waals surface area contributed by atoms with Crippen molar-refractivity contribution in [1.82, 2.24) is 4.90 Å². The minimum Gasteiger partial charge on any atom is -0.366 e. The molecule has 0 bridgehead atoms. The van der Waals surface area contributed by atoms with Gasteiger partial charge < -0.3 is 9.80 Å². The van der Waals surface area contributed by atoms with E-state index in [1.165, 1.54) is 12.1 Å². The number of hydrogen-bond donors (Lipinski definition) is 0. The van der Waals surface area contributed by atoms with E-state index in [-0.39, 0.29) is 11.6 Å². The van der Waals surface area contributed by atoms with Gasteiger partial charge in [0, 0.05) is 25.5 Å². The highest BCUT2D eigenvalue weighted by molar-refractivity contribution is 6.17. The highest BCUT2D eigenvalue weighted by Crippen LogP contribution is 2.26. The van der Waals surface area contributed by atoms with Crippen LogP contribution in [0.4, 0.5) is 14.5 Å². The van der Waals surface area contributed by atoms with Gasteiger partial charge in [-0.3, -0.25) is 0 Å². The van der Waals surface area contributed by atoms with E-state index in [4.69, 9.17) is 11.6 Å². The van der Waals surface area contributed by atoms with Crippen molar-refractivity contribution in [1.29, 1.82) is 0 Å². The Morgan fingerprint density at radius 1 is 1.05 bits per heavy atom. The van der Waals surface area contributed by atoms with Crippen molar-refractivity contribution in [2.75, 3.05) is 38.6 Å². The summed E-state index contributed by atoms with van der Waals surface area (Å²) in [5.74, 6) is -0.967. The molecule has 5 heteroatoms. The monoisotopic (exact) mass is 290 g/mol. The highest BCUT2D eigenvalue weighted by atomic mass is 35.5. The van der Waals surface area contributed by atoms with Crippen LogP contribution in [0.15, 0.2) is 12.1 Å². The average molecular weight is 291 g/mol. The van der Waals surface area contributed by atoms with Crippen molar-refractivity contribution in [3.63, 3.8) is 0 Å². The molecule has 0 aliphatic rings. The summed E-state index contributed by atoms with van der Waals surface area (Å²) < 4.78 is 28.1. The minimum absolute atomic E-state index is 0.0533. The topological polar surface area (TPSA) is 6.48 Å². The quantitative estimate of drug-likeness (QED) is 0.710. The van der Waals surface area contributed by atoms with Gasteiger partial charge in [0.2, 0.25) is 0 Å². The van der Waals surface area contributed by atoms with Gasteiger partial charge in [0.1, 0.15) is 17.3 Å². The molecule has 0 amide bonds. The third-order valence-electron chi connectivity index (χ3n) is 2.86. The molecule has 1 aromatic rings. The molecule has 2 nitrogen and oxygen atoms in total. The molecular formula is C14H21ClF2N2. The molecule has 1 aromatic carbocycles. The normalized spacial score (nSPS) is 11.1. The second kappa shape index (κ2) is 7.65. The van der Waals surface area contributed by atoms with Crippen LogP contribution < -0.4 is 4.90 Å². The predicted octanol–water partition coefficient (Wildman–Crippen LogP) is 3.48. The second-order valence-corrected chi connectivity index (χ2v) is 5.10. The third kappa shape index (κ3) is 4.62. The van der Waals surface area contributed by atoms with Crippen LogP contribution in [0.1, 0.15) is 18.9 Å². The summed E-state index contributed by atoms with van der Waals surface area (Å²) in [6, 6.07) is 2.62. The molecule has 0 spiro atoms. The molecular weight excluding hydrogens is 270 g/mol. The summed E-state index contributed by atoms with van der Waals surface area (Å²) in [5.41, 5.74) is 0.516. The molecule has 0 saturated carbocycles. The number of benzene rings is 1. The van der Waals surface area contributed by atoms with Crippen molar-refractivity contribution in [2.24, 2.45) is 0 Å². The maximum Gasteiger partial charge on any atom is 0.149 e. The lowest BCUT2D eigenvalue weighted by Gasteiger charge is -2.27. The summed E-state index contributed by atoms with van der Waals surface area (Å²) in [6.07, 6.45) is 0.837. The Morgan fingerprint density at radius 2 is 1.63 bits per heavy atom. The molecule has 0 aliphatic carbocycles. The second-order valence-electron chi connectivity index (χ2n) is 4.83. The van der Waals surface area contributed by atoms with Crippen molar-refractivity contribution in [3.05, 3.63) is 29.3 Å². The summed E-state index contributed by atoms with van der Waals surface area (Å²) in [6.45, 7) is 3.96. The molecule has 0 N–H and O–H groups in total. The maximum atomic E-state index is 14.0. The lowest BCUT2D eigenvalue weighted by atomic mass is 10.2. The minimum atomic E-state index is -0.539. The van der Waals surface area contributed by atoms with Gasteiger partial charge in [-0.2, -0.15) is 0 Å². The van der Waals surface area contributed by atoms with Gasteiger partial charge >= 0.3 is 0 Å². The van der Waals surface area contributed by atoms with Gasteiger partial charge in [-0.1, -0.05) is 6.92 Å². The number of nitrogens with zero attached hydrogens (tertiary/aromatic N) is 2. The number of hydrogen-bond acceptors (Lipinski definition) is 2. The Morgan fingerprint density at radius 3 is 2.05 bits per heavy atom. The van der Waals surface area contributed by atoms with Gasteiger partial charge in [-0.25, -0.2) is 8.78 Å². The molecule has 0 aromatic heterocycles. The van der Waals surface area contributed by atoms with E-state index in [9.17, 15) is 8.78 Å². The van der Waals surface area contributed by atoms with Crippen LogP contribution >= 0.6 is 11.6 Å². The van der Waals surface area contributed by atoms with Crippen molar-refractivity contribution >= 4 is 17.3 Å². The molecule has 19 heavy (non-hydrogen) atoms. The SMILES string of the molecule is CCCN(CCN(C)C)c1c(F)cc(CCl)cc1F. The maximum absolute atomic E-state index is 14.0. The van der Waals surface area contributed by atoms with E-state index in [0.717, 1.165) is 13.0 Å². The van der Waals surface area contributed by atoms with E-state index < -0.39 is 11.6 Å². The molecule has 1 rings (SSSR count). The number of alkyl halides is 1. The van der Waals surface area contributed by atoms with Crippen LogP contribution in [0.2, 0.25) is 0 Å². The molecule has 0 heterocycles. The van der Waals surface area contributed by atoms with Crippen LogP contribution in [0, 0.1) is 11.6 Å². The van der Waals surface area contributed by atoms with Crippen molar-refractivity contribution < 1.29 is 8.78 Å². The highest BCUT2D eigenvalue weighted by Gasteiger charge is 2.17. The summed E-state index contributed by atoms with van der Waals surface area (Å²) in [4.78, 5) is 3.74. The van der Waals surface area contributed by atoms with Crippen LogP contribution in [0.5, 0.6) is 0 Å². The first-order valence-electron chi connectivity index (χ1n) is 6.43. The van der Waals surface area contributed by atoms with E-state index in [1.807, 2.05) is 25.9 Å². The molecule has 0 unspecified atom stereocenters. The smallest absolute Gasteiger partial charge is 0.149 e. The zero-order valence-corrected chi connectivity index (χ0v) is 12.5. The summed E-state index contributed by atoms with van der Waals surface area (Å²) in [7, 11) is 3.88. The fourth-order valence-corrected chi connectivity index (χ4v) is 2.08. The first-order valence-corrected chi connectivity index (χ1v) is 6.96. The fourth-order valence-electron chi connectivity index (χ4n) is 1.92. The number of likely N-dealkylation sites (N-methyl/N-ethyl adjacent to an activating group) is 1. The van der Waals surface area contributed by atoms with Crippen LogP contribution in [-0.4, -0.2) is 38.6 Å². The van der Waals surface area contributed by atoms with Gasteiger partial charge in [-0.05, 0) is 38.2 Å². The first-order chi connectivity index (χ1) is 8.99. The lowest BCUT2D eigenvalue weighted by molar-refractivity contribution is 0.410. The largest absolute Gasteiger partial charge is 0.366 e. The zero-order valence-electron chi connectivity index (χ0n) is 11.7. The lowest BCUT2D eigenvalue weighted by Crippen LogP contribution is -2.33. The van der Waals surface area contributed by atoms with Crippen LogP contribution in [0.25, 0.3) is 0 Å².